The molecule has 3 atom stereocenters. The highest BCUT2D eigenvalue weighted by atomic mass is 31.2. The van der Waals surface area contributed by atoms with E-state index in [1.807, 2.05) is 39.0 Å². The predicted octanol–water partition coefficient (Wildman–Crippen LogP) is 4.22. The minimum Gasteiger partial charge on any atom is -0.268 e. The second kappa shape index (κ2) is 12.1. The molecule has 0 bridgehead atoms. The molecule has 0 aliphatic rings. The monoisotopic (exact) mass is 341 g/mol. The maximum Gasteiger partial charge on any atom is 0.478 e. The summed E-state index contributed by atoms with van der Waals surface area (Å²) >= 11 is 0. The number of hydrogen-bond acceptors (Lipinski definition) is 7. The molecule has 0 aromatic carbocycles. The number of nitrogens with zero attached hydrogens (tertiary/aromatic N) is 3. The molecule has 0 spiro atoms. The van der Waals surface area contributed by atoms with Gasteiger partial charge in [-0.05, 0) is 19.3 Å². The van der Waals surface area contributed by atoms with Crippen LogP contribution in [0.2, 0.25) is 0 Å². The Kier molecular flexibility index (Phi) is 11.3. The van der Waals surface area contributed by atoms with Crippen LogP contribution in [0, 0.1) is 34.0 Å². The highest BCUT2D eigenvalue weighted by Gasteiger charge is 2.36. The first-order chi connectivity index (χ1) is 11.0. The summed E-state index contributed by atoms with van der Waals surface area (Å²) in [5.74, 6) is 0. The van der Waals surface area contributed by atoms with Gasteiger partial charge in [-0.1, -0.05) is 40.0 Å². The van der Waals surface area contributed by atoms with Crippen molar-refractivity contribution in [3.05, 3.63) is 0 Å². The Hall–Kier alpha value is -1.42. The minimum absolute atomic E-state index is 0.350. The molecule has 0 saturated heterocycles. The zero-order valence-electron chi connectivity index (χ0n) is 13.9. The van der Waals surface area contributed by atoms with Gasteiger partial charge in [0, 0.05) is 0 Å². The lowest BCUT2D eigenvalue weighted by atomic mass is 10.2. The Bertz CT molecular complexity index is 435. The van der Waals surface area contributed by atoms with Crippen LogP contribution in [0.3, 0.4) is 0 Å². The molecule has 23 heavy (non-hydrogen) atoms. The van der Waals surface area contributed by atoms with Crippen molar-refractivity contribution in [2.24, 2.45) is 0 Å². The summed E-state index contributed by atoms with van der Waals surface area (Å²) in [6.07, 6.45) is 0.0475. The first kappa shape index (κ1) is 21.6. The van der Waals surface area contributed by atoms with Crippen molar-refractivity contribution in [1.29, 1.82) is 15.8 Å². The van der Waals surface area contributed by atoms with Gasteiger partial charge in [-0.2, -0.15) is 15.8 Å². The number of rotatable bonds is 12. The lowest BCUT2D eigenvalue weighted by Crippen LogP contribution is -2.19. The van der Waals surface area contributed by atoms with Crippen molar-refractivity contribution >= 4 is 7.82 Å². The third-order valence-corrected chi connectivity index (χ3v) is 4.39. The third kappa shape index (κ3) is 8.70. The van der Waals surface area contributed by atoms with Gasteiger partial charge in [0.2, 0.25) is 0 Å². The summed E-state index contributed by atoms with van der Waals surface area (Å²) in [6.45, 7) is 5.56. The number of phosphoric acid groups is 1. The smallest absolute Gasteiger partial charge is 0.268 e. The van der Waals surface area contributed by atoms with Gasteiger partial charge in [0.05, 0.1) is 18.2 Å². The molecule has 0 aromatic rings. The molecule has 0 saturated carbocycles. The maximum absolute atomic E-state index is 12.8. The van der Waals surface area contributed by atoms with Gasteiger partial charge in [0.25, 0.3) is 0 Å². The van der Waals surface area contributed by atoms with Crippen LogP contribution < -0.4 is 0 Å². The van der Waals surface area contributed by atoms with E-state index in [9.17, 15) is 4.57 Å². The Labute approximate surface area is 138 Å². The second-order valence-corrected chi connectivity index (χ2v) is 6.51. The van der Waals surface area contributed by atoms with Crippen LogP contribution in [0.4, 0.5) is 0 Å². The Balaban J connectivity index is 5.25. The van der Waals surface area contributed by atoms with Crippen LogP contribution in [-0.4, -0.2) is 18.3 Å². The molecule has 0 heterocycles. The van der Waals surface area contributed by atoms with Gasteiger partial charge < -0.3 is 0 Å². The molecule has 128 valence electrons. The average molecular weight is 341 g/mol. The standard InChI is InChI=1S/C15H24N3O4P/c1-4-7-13(10-16)20-23(19,21-14(11-17)8-5-2)22-15(12-18)9-6-3/h13-15H,4-9H2,1-3H3. The first-order valence-corrected chi connectivity index (χ1v) is 9.28. The van der Waals surface area contributed by atoms with Crippen molar-refractivity contribution in [3.8, 4) is 18.2 Å². The molecule has 0 aliphatic heterocycles. The average Bonchev–Trinajstić information content (AvgIpc) is 2.53. The SMILES string of the molecule is CCCC(C#N)OP(=O)(OC(C#N)CCC)OC(C#N)CCC. The van der Waals surface area contributed by atoms with Crippen LogP contribution in [-0.2, 0) is 18.1 Å². The Morgan fingerprint density at radius 1 is 0.739 bits per heavy atom. The summed E-state index contributed by atoms with van der Waals surface area (Å²) in [7, 11) is -4.19. The van der Waals surface area contributed by atoms with Crippen molar-refractivity contribution in [3.63, 3.8) is 0 Å². The zero-order chi connectivity index (χ0) is 17.7. The fourth-order valence-corrected chi connectivity index (χ4v) is 3.29. The van der Waals surface area contributed by atoms with Crippen molar-refractivity contribution in [2.75, 3.05) is 0 Å². The van der Waals surface area contributed by atoms with Crippen molar-refractivity contribution < 1.29 is 18.1 Å². The zero-order valence-corrected chi connectivity index (χ0v) is 14.8. The van der Waals surface area contributed by atoms with E-state index in [1.54, 1.807) is 0 Å². The van der Waals surface area contributed by atoms with Crippen LogP contribution in [0.1, 0.15) is 59.3 Å². The molecule has 3 unspecified atom stereocenters. The van der Waals surface area contributed by atoms with Gasteiger partial charge in [0.15, 0.2) is 18.3 Å². The van der Waals surface area contributed by atoms with Gasteiger partial charge in [0.1, 0.15) is 0 Å². The summed E-state index contributed by atoms with van der Waals surface area (Å²) in [5, 5.41) is 27.2. The molecule has 0 amide bonds. The van der Waals surface area contributed by atoms with E-state index in [-0.39, 0.29) is 0 Å². The van der Waals surface area contributed by atoms with E-state index in [2.05, 4.69) is 0 Å². The van der Waals surface area contributed by atoms with Crippen molar-refractivity contribution in [1.82, 2.24) is 0 Å². The quantitative estimate of drug-likeness (QED) is 0.488. The Morgan fingerprint density at radius 2 is 1.00 bits per heavy atom. The van der Waals surface area contributed by atoms with Gasteiger partial charge in [-0.3, -0.25) is 13.6 Å². The van der Waals surface area contributed by atoms with E-state index in [0.29, 0.717) is 38.5 Å². The lowest BCUT2D eigenvalue weighted by Gasteiger charge is -2.24. The molecule has 0 rings (SSSR count). The van der Waals surface area contributed by atoms with Crippen LogP contribution in [0.25, 0.3) is 0 Å². The van der Waals surface area contributed by atoms with Crippen LogP contribution in [0.5, 0.6) is 0 Å². The van der Waals surface area contributed by atoms with E-state index in [4.69, 9.17) is 29.4 Å². The molecule has 0 N–H and O–H groups in total. The highest BCUT2D eigenvalue weighted by Crippen LogP contribution is 2.53. The second-order valence-electron chi connectivity index (χ2n) is 4.98. The number of hydrogen-bond donors (Lipinski definition) is 0. The summed E-state index contributed by atoms with van der Waals surface area (Å²) in [4.78, 5) is 0. The Morgan fingerprint density at radius 3 is 1.17 bits per heavy atom. The van der Waals surface area contributed by atoms with E-state index >= 15 is 0 Å². The summed E-state index contributed by atoms with van der Waals surface area (Å²) in [5.41, 5.74) is 0. The number of phosphoric ester groups is 1. The molecule has 0 radical (unpaired) electrons. The molecular formula is C15H24N3O4P. The fourth-order valence-electron chi connectivity index (χ4n) is 1.75. The van der Waals surface area contributed by atoms with Gasteiger partial charge in [-0.25, -0.2) is 4.57 Å². The third-order valence-electron chi connectivity index (χ3n) is 2.85. The van der Waals surface area contributed by atoms with Crippen molar-refractivity contribution in [2.45, 2.75) is 77.6 Å². The largest absolute Gasteiger partial charge is 0.478 e. The molecule has 0 fully saturated rings. The summed E-state index contributed by atoms with van der Waals surface area (Å²) < 4.78 is 28.5. The maximum atomic E-state index is 12.8. The fraction of sp³-hybridized carbons (Fsp3) is 0.800. The van der Waals surface area contributed by atoms with E-state index < -0.39 is 26.1 Å². The lowest BCUT2D eigenvalue weighted by molar-refractivity contribution is 0.0613. The molecule has 8 heteroatoms. The van der Waals surface area contributed by atoms with Crippen LogP contribution >= 0.6 is 7.82 Å². The van der Waals surface area contributed by atoms with Gasteiger partial charge >= 0.3 is 7.82 Å². The van der Waals surface area contributed by atoms with Gasteiger partial charge in [-0.15, -0.1) is 0 Å². The molecule has 0 aliphatic carbocycles. The predicted molar refractivity (Wildman–Crippen MR) is 83.8 cm³/mol. The normalized spacial score (nSPS) is 17.0. The topological polar surface area (TPSA) is 116 Å². The van der Waals surface area contributed by atoms with E-state index in [0.717, 1.165) is 0 Å². The van der Waals surface area contributed by atoms with E-state index in [1.165, 1.54) is 0 Å². The minimum atomic E-state index is -4.19. The number of nitriles is 3. The molecule has 7 nitrogen and oxygen atoms in total. The first-order valence-electron chi connectivity index (χ1n) is 7.82. The van der Waals surface area contributed by atoms with Crippen LogP contribution in [0.15, 0.2) is 0 Å². The highest BCUT2D eigenvalue weighted by molar-refractivity contribution is 7.48. The molecule has 0 aromatic heterocycles. The molecular weight excluding hydrogens is 317 g/mol. The summed E-state index contributed by atoms with van der Waals surface area (Å²) in [6, 6.07) is 5.65.